The van der Waals surface area contributed by atoms with Crippen molar-refractivity contribution in [2.75, 3.05) is 31.5 Å². The molecule has 2 aromatic rings. The fourth-order valence-electron chi connectivity index (χ4n) is 4.31. The summed E-state index contributed by atoms with van der Waals surface area (Å²) in [5.74, 6) is -4.14. The van der Waals surface area contributed by atoms with Crippen LogP contribution in [-0.2, 0) is 14.4 Å². The van der Waals surface area contributed by atoms with Crippen LogP contribution in [0.1, 0.15) is 42.3 Å². The number of piperazine rings is 1. The number of amides is 1. The predicted octanol–water partition coefficient (Wildman–Crippen LogP) is 3.49. The van der Waals surface area contributed by atoms with Gasteiger partial charge < -0.3 is 20.8 Å². The minimum absolute atomic E-state index is 0.0143. The van der Waals surface area contributed by atoms with Crippen LogP contribution >= 0.6 is 11.6 Å². The second-order valence-corrected chi connectivity index (χ2v) is 8.63. The molecule has 2 aliphatic rings. The Bertz CT molecular complexity index is 1040. The average Bonchev–Trinajstić information content (AvgIpc) is 3.11. The fraction of sp³-hybridized carbons (Fsp3) is 0.375. The lowest BCUT2D eigenvalue weighted by molar-refractivity contribution is -0.159. The van der Waals surface area contributed by atoms with Gasteiger partial charge in [-0.3, -0.25) is 9.69 Å². The molecular formula is C24H27ClFN3O5. The predicted molar refractivity (Wildman–Crippen MR) is 126 cm³/mol. The Labute approximate surface area is 201 Å². The van der Waals surface area contributed by atoms with Gasteiger partial charge >= 0.3 is 11.9 Å². The summed E-state index contributed by atoms with van der Waals surface area (Å²) in [6, 6.07) is 13.0. The highest BCUT2D eigenvalue weighted by atomic mass is 35.5. The first-order chi connectivity index (χ1) is 16.3. The van der Waals surface area contributed by atoms with Crippen molar-refractivity contribution in [3.05, 3.63) is 64.4 Å². The Morgan fingerprint density at radius 1 is 1.12 bits per heavy atom. The van der Waals surface area contributed by atoms with Crippen molar-refractivity contribution in [1.29, 1.82) is 0 Å². The summed E-state index contributed by atoms with van der Waals surface area (Å²) in [7, 11) is 0. The number of carboxylic acids is 2. The van der Waals surface area contributed by atoms with Gasteiger partial charge in [-0.2, -0.15) is 0 Å². The summed E-state index contributed by atoms with van der Waals surface area (Å²) < 4.78 is 13.4. The normalized spacial score (nSPS) is 19.5. The zero-order chi connectivity index (χ0) is 24.7. The maximum Gasteiger partial charge on any atom is 0.414 e. The summed E-state index contributed by atoms with van der Waals surface area (Å²) in [6.07, 6.45) is 2.77. The molecule has 0 radical (unpaired) electrons. The summed E-state index contributed by atoms with van der Waals surface area (Å²) in [4.78, 5) is 32.9. The number of halogens is 2. The molecule has 0 aliphatic carbocycles. The summed E-state index contributed by atoms with van der Waals surface area (Å²) in [5, 5.41) is 21.8. The van der Waals surface area contributed by atoms with Crippen molar-refractivity contribution in [3.8, 4) is 0 Å². The number of fused-ring (bicyclic) bond motifs is 1. The summed E-state index contributed by atoms with van der Waals surface area (Å²) in [5.41, 5.74) is 2.79. The lowest BCUT2D eigenvalue weighted by atomic mass is 9.94. The van der Waals surface area contributed by atoms with E-state index in [1.54, 1.807) is 6.07 Å². The maximum absolute atomic E-state index is 13.4. The number of hydrogen-bond acceptors (Lipinski definition) is 5. The number of rotatable bonds is 6. The smallest absolute Gasteiger partial charge is 0.414 e. The molecule has 1 amide bonds. The number of hydrogen-bond donors (Lipinski definition) is 4. The van der Waals surface area contributed by atoms with E-state index in [9.17, 15) is 9.18 Å². The van der Waals surface area contributed by atoms with E-state index in [1.165, 1.54) is 17.7 Å². The molecule has 2 heterocycles. The van der Waals surface area contributed by atoms with Crippen LogP contribution in [0.25, 0.3) is 0 Å². The Morgan fingerprint density at radius 2 is 1.88 bits per heavy atom. The molecule has 2 atom stereocenters. The molecule has 0 saturated carbocycles. The monoisotopic (exact) mass is 491 g/mol. The number of nitrogens with zero attached hydrogens (tertiary/aromatic N) is 1. The molecule has 0 spiro atoms. The first-order valence-electron chi connectivity index (χ1n) is 11.0. The molecule has 34 heavy (non-hydrogen) atoms. The third-order valence-electron chi connectivity index (χ3n) is 5.92. The van der Waals surface area contributed by atoms with Gasteiger partial charge in [0.2, 0.25) is 5.91 Å². The van der Waals surface area contributed by atoms with Crippen LogP contribution in [0.4, 0.5) is 10.1 Å². The SMILES string of the molecule is O=C(O)C(=O)O.O=C1Nc2cc(F)ccc2C1CCCCN1CCNCC1c1cccc(Cl)c1. The minimum Gasteiger partial charge on any atom is -0.473 e. The van der Waals surface area contributed by atoms with Crippen molar-refractivity contribution >= 4 is 35.1 Å². The summed E-state index contributed by atoms with van der Waals surface area (Å²) >= 11 is 6.18. The first kappa shape index (κ1) is 25.6. The van der Waals surface area contributed by atoms with Crippen LogP contribution in [-0.4, -0.2) is 59.1 Å². The Hall–Kier alpha value is -3.01. The zero-order valence-corrected chi connectivity index (χ0v) is 19.2. The third-order valence-corrected chi connectivity index (χ3v) is 6.16. The lowest BCUT2D eigenvalue weighted by Crippen LogP contribution is -2.46. The molecule has 182 valence electrons. The molecule has 4 N–H and O–H groups in total. The minimum atomic E-state index is -1.82. The topological polar surface area (TPSA) is 119 Å². The van der Waals surface area contributed by atoms with E-state index in [0.29, 0.717) is 11.7 Å². The van der Waals surface area contributed by atoms with Crippen molar-refractivity contribution in [2.45, 2.75) is 31.2 Å². The first-order valence-corrected chi connectivity index (χ1v) is 11.4. The van der Waals surface area contributed by atoms with Crippen molar-refractivity contribution in [3.63, 3.8) is 0 Å². The van der Waals surface area contributed by atoms with Crippen molar-refractivity contribution < 1.29 is 29.0 Å². The second kappa shape index (κ2) is 11.9. The molecule has 2 unspecified atom stereocenters. The quantitative estimate of drug-likeness (QED) is 0.361. The molecule has 1 saturated heterocycles. The van der Waals surface area contributed by atoms with Gasteiger partial charge in [-0.05, 0) is 54.8 Å². The number of unbranched alkanes of at least 4 members (excludes halogenated alkanes) is 1. The van der Waals surface area contributed by atoms with Crippen LogP contribution < -0.4 is 10.6 Å². The lowest BCUT2D eigenvalue weighted by Gasteiger charge is -2.36. The van der Waals surface area contributed by atoms with E-state index < -0.39 is 11.9 Å². The third kappa shape index (κ3) is 6.75. The van der Waals surface area contributed by atoms with E-state index in [1.807, 2.05) is 18.2 Å². The number of benzene rings is 2. The highest BCUT2D eigenvalue weighted by molar-refractivity contribution is 6.30. The zero-order valence-electron chi connectivity index (χ0n) is 18.5. The number of nitrogens with one attached hydrogen (secondary N) is 2. The molecule has 2 aliphatic heterocycles. The maximum atomic E-state index is 13.4. The van der Waals surface area contributed by atoms with Gasteiger partial charge in [0, 0.05) is 36.4 Å². The Kier molecular flexibility index (Phi) is 8.98. The van der Waals surface area contributed by atoms with Gasteiger partial charge in [-0.15, -0.1) is 0 Å². The van der Waals surface area contributed by atoms with Crippen LogP contribution in [0.2, 0.25) is 5.02 Å². The van der Waals surface area contributed by atoms with Crippen LogP contribution in [0.3, 0.4) is 0 Å². The highest BCUT2D eigenvalue weighted by Crippen LogP contribution is 2.36. The van der Waals surface area contributed by atoms with E-state index in [-0.39, 0.29) is 17.6 Å². The average molecular weight is 492 g/mol. The van der Waals surface area contributed by atoms with E-state index >= 15 is 0 Å². The standard InChI is InChI=1S/C22H25ClFN3O.C2H2O4/c23-16-5-3-4-15(12-16)21-14-25-9-11-27(21)10-2-1-6-19-18-8-7-17(24)13-20(18)26-22(19)28;3-1(4)2(5)6/h3-5,7-8,12-13,19,21,25H,1-2,6,9-11,14H2,(H,26,28);(H,3,4)(H,5,6). The molecule has 0 bridgehead atoms. The van der Waals surface area contributed by atoms with Crippen molar-refractivity contribution in [1.82, 2.24) is 10.2 Å². The molecule has 2 aromatic carbocycles. The molecule has 10 heteroatoms. The molecule has 4 rings (SSSR count). The molecular weight excluding hydrogens is 465 g/mol. The fourth-order valence-corrected chi connectivity index (χ4v) is 4.51. The number of anilines is 1. The van der Waals surface area contributed by atoms with Crippen LogP contribution in [0.15, 0.2) is 42.5 Å². The highest BCUT2D eigenvalue weighted by Gasteiger charge is 2.30. The Morgan fingerprint density at radius 3 is 2.59 bits per heavy atom. The van der Waals surface area contributed by atoms with Gasteiger partial charge in [-0.1, -0.05) is 36.2 Å². The van der Waals surface area contributed by atoms with E-state index in [2.05, 4.69) is 21.6 Å². The molecule has 1 fully saturated rings. The van der Waals surface area contributed by atoms with E-state index in [4.69, 9.17) is 31.4 Å². The molecule has 8 nitrogen and oxygen atoms in total. The van der Waals surface area contributed by atoms with Crippen molar-refractivity contribution in [2.24, 2.45) is 0 Å². The van der Waals surface area contributed by atoms with Gasteiger partial charge in [0.15, 0.2) is 0 Å². The largest absolute Gasteiger partial charge is 0.473 e. The van der Waals surface area contributed by atoms with Crippen LogP contribution in [0.5, 0.6) is 0 Å². The number of aliphatic carboxylic acids is 2. The summed E-state index contributed by atoms with van der Waals surface area (Å²) in [6.45, 7) is 3.90. The van der Waals surface area contributed by atoms with Gasteiger partial charge in [0.05, 0.1) is 5.92 Å². The second-order valence-electron chi connectivity index (χ2n) is 8.19. The Balaban J connectivity index is 0.000000481. The number of carbonyl (C=O) groups excluding carboxylic acids is 1. The number of carboxylic acid groups (broad SMARTS) is 2. The van der Waals surface area contributed by atoms with Gasteiger partial charge in [0.25, 0.3) is 0 Å². The molecule has 0 aromatic heterocycles. The van der Waals surface area contributed by atoms with Gasteiger partial charge in [-0.25, -0.2) is 14.0 Å². The van der Waals surface area contributed by atoms with E-state index in [0.717, 1.165) is 56.0 Å². The number of carbonyl (C=O) groups is 3. The van der Waals surface area contributed by atoms with Crippen LogP contribution in [0, 0.1) is 5.82 Å². The van der Waals surface area contributed by atoms with Gasteiger partial charge in [0.1, 0.15) is 5.82 Å².